The molecule has 2 aliphatic rings. The fourth-order valence-electron chi connectivity index (χ4n) is 5.36. The number of aryl methyl sites for hydroxylation is 1. The number of nitrogens with one attached hydrogen (secondary N) is 3. The fraction of sp³-hybridized carbons (Fsp3) is 0.484. The maximum atomic E-state index is 12.9. The smallest absolute Gasteiger partial charge is 0.256 e. The van der Waals surface area contributed by atoms with Crippen LogP contribution in [0.1, 0.15) is 62.4 Å². The lowest BCUT2D eigenvalue weighted by Crippen LogP contribution is -2.38. The zero-order valence-electron chi connectivity index (χ0n) is 25.1. The molecule has 11 heteroatoms. The number of benzene rings is 1. The SMILES string of the molecule is Cc1ccc(C(=O)NC(=N)C=C(N)C(C)(C)C)cc1Nc1ncnc2cnc(N3CCC(CN4CCCC4)CC3)nc12. The summed E-state index contributed by atoms with van der Waals surface area (Å²) in [4.78, 5) is 36.2. The number of piperidine rings is 1. The molecule has 2 aliphatic heterocycles. The molecule has 1 aromatic carbocycles. The Hall–Kier alpha value is -4.12. The van der Waals surface area contributed by atoms with Crippen LogP contribution in [0.25, 0.3) is 11.0 Å². The topological polar surface area (TPSA) is 149 Å². The number of allylic oxidation sites excluding steroid dienone is 1. The number of hydrogen-bond acceptors (Lipinski definition) is 10. The van der Waals surface area contributed by atoms with Crippen molar-refractivity contribution in [1.29, 1.82) is 5.41 Å². The van der Waals surface area contributed by atoms with Gasteiger partial charge in [-0.25, -0.2) is 19.9 Å². The van der Waals surface area contributed by atoms with Crippen molar-refractivity contribution < 1.29 is 4.79 Å². The standard InChI is InChI=1S/C31H42N10O/c1-20-7-8-22(29(42)38-26(33)16-25(32)31(2,3)4)15-23(20)37-28-27-24(35-19-36-28)17-34-30(39-27)41-13-9-21(10-14-41)18-40-11-5-6-12-40/h7-8,15-17,19,21H,5-6,9-14,18,32H2,1-4H3,(H2,33,38,42)(H,35,36,37). The largest absolute Gasteiger partial charge is 0.401 e. The Morgan fingerprint density at radius 3 is 2.57 bits per heavy atom. The lowest BCUT2D eigenvalue weighted by atomic mass is 9.92. The third-order valence-corrected chi connectivity index (χ3v) is 8.14. The second kappa shape index (κ2) is 12.4. The minimum absolute atomic E-state index is 0.0615. The van der Waals surface area contributed by atoms with Crippen molar-refractivity contribution in [3.05, 3.63) is 53.6 Å². The van der Waals surface area contributed by atoms with Gasteiger partial charge in [-0.2, -0.15) is 0 Å². The van der Waals surface area contributed by atoms with Crippen LogP contribution in [0, 0.1) is 23.7 Å². The Morgan fingerprint density at radius 2 is 1.86 bits per heavy atom. The third kappa shape index (κ3) is 7.02. The van der Waals surface area contributed by atoms with E-state index >= 15 is 0 Å². The number of carbonyl (C=O) groups excluding carboxylic acids is 1. The Labute approximate surface area is 247 Å². The molecule has 0 unspecified atom stereocenters. The van der Waals surface area contributed by atoms with Crippen LogP contribution >= 0.6 is 0 Å². The Morgan fingerprint density at radius 1 is 1.12 bits per heavy atom. The van der Waals surface area contributed by atoms with E-state index in [1.54, 1.807) is 18.3 Å². The Kier molecular flexibility index (Phi) is 8.67. The molecule has 2 aromatic heterocycles. The summed E-state index contributed by atoms with van der Waals surface area (Å²) in [6, 6.07) is 5.33. The van der Waals surface area contributed by atoms with Crippen molar-refractivity contribution in [2.24, 2.45) is 17.1 Å². The van der Waals surface area contributed by atoms with Gasteiger partial charge in [0, 0.05) is 42.0 Å². The molecular formula is C31H42N10O. The molecular weight excluding hydrogens is 528 g/mol. The highest BCUT2D eigenvalue weighted by Crippen LogP contribution is 2.28. The summed E-state index contributed by atoms with van der Waals surface area (Å²) in [6.07, 6.45) is 9.64. The van der Waals surface area contributed by atoms with E-state index in [4.69, 9.17) is 16.1 Å². The van der Waals surface area contributed by atoms with Gasteiger partial charge in [0.2, 0.25) is 5.95 Å². The number of carbonyl (C=O) groups is 1. The molecule has 0 atom stereocenters. The Balaban J connectivity index is 1.30. The molecule has 4 heterocycles. The summed E-state index contributed by atoms with van der Waals surface area (Å²) in [5, 5.41) is 14.1. The average Bonchev–Trinajstić information content (AvgIpc) is 3.47. The maximum absolute atomic E-state index is 12.9. The molecule has 3 aromatic rings. The molecule has 42 heavy (non-hydrogen) atoms. The highest BCUT2D eigenvalue weighted by Gasteiger charge is 2.25. The van der Waals surface area contributed by atoms with Gasteiger partial charge in [-0.15, -0.1) is 0 Å². The first-order valence-electron chi connectivity index (χ1n) is 14.8. The molecule has 0 spiro atoms. The lowest BCUT2D eigenvalue weighted by Gasteiger charge is -2.33. The third-order valence-electron chi connectivity index (χ3n) is 8.14. The predicted octanol–water partition coefficient (Wildman–Crippen LogP) is 4.38. The number of nitrogens with two attached hydrogens (primary N) is 1. The van der Waals surface area contributed by atoms with Gasteiger partial charge in [0.15, 0.2) is 5.82 Å². The number of nitrogens with zero attached hydrogens (tertiary/aromatic N) is 6. The normalized spacial score (nSPS) is 17.0. The molecule has 2 saturated heterocycles. The van der Waals surface area contributed by atoms with Gasteiger partial charge in [-0.1, -0.05) is 26.8 Å². The van der Waals surface area contributed by atoms with Crippen LogP contribution in [0.2, 0.25) is 0 Å². The van der Waals surface area contributed by atoms with Gasteiger partial charge in [-0.05, 0) is 75.4 Å². The van der Waals surface area contributed by atoms with Crippen LogP contribution in [-0.4, -0.2) is 69.3 Å². The summed E-state index contributed by atoms with van der Waals surface area (Å²) in [5.41, 5.74) is 9.59. The molecule has 0 bridgehead atoms. The van der Waals surface area contributed by atoms with Gasteiger partial charge in [0.05, 0.1) is 6.20 Å². The lowest BCUT2D eigenvalue weighted by molar-refractivity contribution is 0.0977. The number of anilines is 3. The molecule has 5 N–H and O–H groups in total. The maximum Gasteiger partial charge on any atom is 0.256 e. The second-order valence-electron chi connectivity index (χ2n) is 12.4. The highest BCUT2D eigenvalue weighted by molar-refractivity contribution is 6.09. The summed E-state index contributed by atoms with van der Waals surface area (Å²) < 4.78 is 0. The number of likely N-dealkylation sites (tertiary alicyclic amines) is 1. The molecule has 222 valence electrons. The second-order valence-corrected chi connectivity index (χ2v) is 12.4. The van der Waals surface area contributed by atoms with Crippen molar-refractivity contribution in [3.63, 3.8) is 0 Å². The highest BCUT2D eigenvalue weighted by atomic mass is 16.1. The first-order valence-corrected chi connectivity index (χ1v) is 14.8. The van der Waals surface area contributed by atoms with Gasteiger partial charge in [-0.3, -0.25) is 10.2 Å². The summed E-state index contributed by atoms with van der Waals surface area (Å²) in [5.74, 6) is 1.50. The number of rotatable bonds is 7. The van der Waals surface area contributed by atoms with Crippen LogP contribution in [0.4, 0.5) is 17.5 Å². The first kappa shape index (κ1) is 29.4. The molecule has 11 nitrogen and oxygen atoms in total. The van der Waals surface area contributed by atoms with Crippen molar-refractivity contribution in [1.82, 2.24) is 30.2 Å². The van der Waals surface area contributed by atoms with E-state index < -0.39 is 5.91 Å². The van der Waals surface area contributed by atoms with Crippen molar-refractivity contribution in [2.75, 3.05) is 42.9 Å². The monoisotopic (exact) mass is 570 g/mol. The van der Waals surface area contributed by atoms with Crippen molar-refractivity contribution in [2.45, 2.75) is 53.4 Å². The van der Waals surface area contributed by atoms with Crippen LogP contribution in [0.15, 0.2) is 42.5 Å². The number of amides is 1. The van der Waals surface area contributed by atoms with E-state index in [-0.39, 0.29) is 11.3 Å². The van der Waals surface area contributed by atoms with E-state index in [2.05, 4.69) is 35.4 Å². The van der Waals surface area contributed by atoms with E-state index in [0.29, 0.717) is 39.7 Å². The van der Waals surface area contributed by atoms with Crippen molar-refractivity contribution in [3.8, 4) is 0 Å². The minimum atomic E-state index is -0.397. The van der Waals surface area contributed by atoms with Crippen LogP contribution in [-0.2, 0) is 0 Å². The molecule has 0 aliphatic carbocycles. The molecule has 0 radical (unpaired) electrons. The number of fused-ring (bicyclic) bond motifs is 1. The van der Waals surface area contributed by atoms with Gasteiger partial charge >= 0.3 is 0 Å². The fourth-order valence-corrected chi connectivity index (χ4v) is 5.36. The van der Waals surface area contributed by atoms with E-state index in [9.17, 15) is 4.79 Å². The van der Waals surface area contributed by atoms with Crippen molar-refractivity contribution >= 4 is 40.2 Å². The number of amidine groups is 1. The average molecular weight is 571 g/mol. The summed E-state index contributed by atoms with van der Waals surface area (Å²) in [7, 11) is 0. The summed E-state index contributed by atoms with van der Waals surface area (Å²) >= 11 is 0. The molecule has 5 rings (SSSR count). The van der Waals surface area contributed by atoms with E-state index in [0.717, 1.165) is 37.4 Å². The zero-order valence-corrected chi connectivity index (χ0v) is 25.1. The minimum Gasteiger partial charge on any atom is -0.401 e. The molecule has 0 saturated carbocycles. The Bertz CT molecular complexity index is 1480. The van der Waals surface area contributed by atoms with Crippen LogP contribution in [0.5, 0.6) is 0 Å². The van der Waals surface area contributed by atoms with Gasteiger partial charge in [0.25, 0.3) is 5.91 Å². The zero-order chi connectivity index (χ0) is 29.9. The molecule has 1 amide bonds. The van der Waals surface area contributed by atoms with Crippen LogP contribution in [0.3, 0.4) is 0 Å². The number of aromatic nitrogens is 4. The van der Waals surface area contributed by atoms with E-state index in [1.807, 2.05) is 33.8 Å². The van der Waals surface area contributed by atoms with Gasteiger partial charge in [0.1, 0.15) is 23.2 Å². The number of hydrogen-bond donors (Lipinski definition) is 4. The van der Waals surface area contributed by atoms with Crippen LogP contribution < -0.4 is 21.3 Å². The molecule has 2 fully saturated rings. The predicted molar refractivity (Wildman–Crippen MR) is 167 cm³/mol. The van der Waals surface area contributed by atoms with Gasteiger partial charge < -0.3 is 26.2 Å². The summed E-state index contributed by atoms with van der Waals surface area (Å²) in [6.45, 7) is 13.4. The van der Waals surface area contributed by atoms with E-state index in [1.165, 1.54) is 44.9 Å². The quantitative estimate of drug-likeness (QED) is 0.240. The first-order chi connectivity index (χ1) is 20.1.